The Morgan fingerprint density at radius 2 is 2.26 bits per heavy atom. The van der Waals surface area contributed by atoms with E-state index in [4.69, 9.17) is 9.47 Å². The first-order valence-electron chi connectivity index (χ1n) is 8.21. The maximum absolute atomic E-state index is 11.7. The van der Waals surface area contributed by atoms with Gasteiger partial charge in [0.1, 0.15) is 5.75 Å². The van der Waals surface area contributed by atoms with Crippen LogP contribution in [0.3, 0.4) is 0 Å². The van der Waals surface area contributed by atoms with Gasteiger partial charge >= 0.3 is 6.03 Å². The van der Waals surface area contributed by atoms with E-state index in [1.54, 1.807) is 7.11 Å². The highest BCUT2D eigenvalue weighted by Gasteiger charge is 2.23. The molecule has 1 fully saturated rings. The number of carbonyl (C=O) groups is 1. The number of methoxy groups -OCH3 is 1. The van der Waals surface area contributed by atoms with Gasteiger partial charge in [0.2, 0.25) is 0 Å². The van der Waals surface area contributed by atoms with Gasteiger partial charge in [0.15, 0.2) is 0 Å². The van der Waals surface area contributed by atoms with E-state index in [0.29, 0.717) is 32.2 Å². The van der Waals surface area contributed by atoms with Crippen LogP contribution < -0.4 is 20.3 Å². The summed E-state index contributed by atoms with van der Waals surface area (Å²) in [6, 6.07) is 7.98. The van der Waals surface area contributed by atoms with E-state index in [1.807, 2.05) is 19.1 Å². The summed E-state index contributed by atoms with van der Waals surface area (Å²) in [6.45, 7) is 6.36. The maximum Gasteiger partial charge on any atom is 0.314 e. The molecular weight excluding hydrogens is 294 g/mol. The minimum absolute atomic E-state index is 0.121. The molecule has 2 amide bonds. The van der Waals surface area contributed by atoms with Crippen LogP contribution in [-0.2, 0) is 4.74 Å². The second-order valence-corrected chi connectivity index (χ2v) is 5.64. The topological polar surface area (TPSA) is 62.8 Å². The van der Waals surface area contributed by atoms with Gasteiger partial charge in [-0.2, -0.15) is 0 Å². The third-order valence-electron chi connectivity index (χ3n) is 3.99. The molecule has 1 aromatic rings. The Bertz CT molecular complexity index is 496. The van der Waals surface area contributed by atoms with E-state index < -0.39 is 0 Å². The molecule has 0 aliphatic carbocycles. The highest BCUT2D eigenvalue weighted by atomic mass is 16.5. The summed E-state index contributed by atoms with van der Waals surface area (Å²) in [5.74, 6) is 1.34. The number of amides is 2. The quantitative estimate of drug-likeness (QED) is 0.718. The van der Waals surface area contributed by atoms with Gasteiger partial charge in [-0.3, -0.25) is 0 Å². The zero-order valence-electron chi connectivity index (χ0n) is 14.0. The average molecular weight is 321 g/mol. The summed E-state index contributed by atoms with van der Waals surface area (Å²) in [4.78, 5) is 14.0. The normalized spacial score (nSPS) is 17.1. The molecule has 2 N–H and O–H groups in total. The number of nitrogens with one attached hydrogen (secondary N) is 2. The third kappa shape index (κ3) is 5.63. The van der Waals surface area contributed by atoms with Crippen molar-refractivity contribution in [2.75, 3.05) is 51.4 Å². The van der Waals surface area contributed by atoms with Crippen molar-refractivity contribution in [3.05, 3.63) is 24.3 Å². The summed E-state index contributed by atoms with van der Waals surface area (Å²) < 4.78 is 10.5. The Morgan fingerprint density at radius 1 is 1.39 bits per heavy atom. The van der Waals surface area contributed by atoms with Gasteiger partial charge in [-0.15, -0.1) is 0 Å². The maximum atomic E-state index is 11.7. The minimum atomic E-state index is -0.121. The molecule has 1 heterocycles. The van der Waals surface area contributed by atoms with Gasteiger partial charge in [0.05, 0.1) is 13.7 Å². The van der Waals surface area contributed by atoms with E-state index in [1.165, 1.54) is 5.69 Å². The van der Waals surface area contributed by atoms with Gasteiger partial charge in [0.25, 0.3) is 0 Å². The molecule has 0 spiro atoms. The summed E-state index contributed by atoms with van der Waals surface area (Å²) in [7, 11) is 1.68. The Labute approximate surface area is 138 Å². The monoisotopic (exact) mass is 321 g/mol. The van der Waals surface area contributed by atoms with E-state index in [2.05, 4.69) is 27.7 Å². The molecular formula is C17H27N3O3. The molecule has 23 heavy (non-hydrogen) atoms. The molecule has 1 aliphatic rings. The van der Waals surface area contributed by atoms with E-state index in [-0.39, 0.29) is 6.03 Å². The predicted molar refractivity (Wildman–Crippen MR) is 91.2 cm³/mol. The van der Waals surface area contributed by atoms with Crippen molar-refractivity contribution >= 4 is 11.7 Å². The van der Waals surface area contributed by atoms with Crippen LogP contribution in [0.2, 0.25) is 0 Å². The molecule has 0 unspecified atom stereocenters. The number of anilines is 1. The predicted octanol–water partition coefficient (Wildman–Crippen LogP) is 1.86. The van der Waals surface area contributed by atoms with Gasteiger partial charge in [-0.05, 0) is 31.4 Å². The first-order chi connectivity index (χ1) is 11.2. The van der Waals surface area contributed by atoms with Gasteiger partial charge < -0.3 is 25.0 Å². The Morgan fingerprint density at radius 3 is 3.04 bits per heavy atom. The first-order valence-corrected chi connectivity index (χ1v) is 8.21. The van der Waals surface area contributed by atoms with Crippen LogP contribution in [0, 0.1) is 5.92 Å². The van der Waals surface area contributed by atoms with Crippen molar-refractivity contribution < 1.29 is 14.3 Å². The summed E-state index contributed by atoms with van der Waals surface area (Å²) in [5.41, 5.74) is 1.17. The molecule has 0 saturated carbocycles. The van der Waals surface area contributed by atoms with Crippen molar-refractivity contribution in [3.63, 3.8) is 0 Å². The molecule has 1 aliphatic heterocycles. The van der Waals surface area contributed by atoms with Gasteiger partial charge in [0, 0.05) is 44.5 Å². The second-order valence-electron chi connectivity index (χ2n) is 5.64. The first kappa shape index (κ1) is 17.4. The summed E-state index contributed by atoms with van der Waals surface area (Å²) in [6.07, 6.45) is 1.08. The largest absolute Gasteiger partial charge is 0.497 e. The van der Waals surface area contributed by atoms with Crippen molar-refractivity contribution in [2.45, 2.75) is 13.3 Å². The number of hydrogen-bond acceptors (Lipinski definition) is 4. The summed E-state index contributed by atoms with van der Waals surface area (Å²) in [5, 5.41) is 5.73. The van der Waals surface area contributed by atoms with Crippen molar-refractivity contribution in [1.82, 2.24) is 10.6 Å². The zero-order chi connectivity index (χ0) is 16.5. The van der Waals surface area contributed by atoms with Crippen LogP contribution in [-0.4, -0.2) is 52.5 Å². The lowest BCUT2D eigenvalue weighted by atomic mass is 10.1. The van der Waals surface area contributed by atoms with Crippen molar-refractivity contribution in [2.24, 2.45) is 5.92 Å². The van der Waals surface area contributed by atoms with E-state index in [0.717, 1.165) is 25.3 Å². The smallest absolute Gasteiger partial charge is 0.314 e. The number of ether oxygens (including phenoxy) is 2. The van der Waals surface area contributed by atoms with Crippen molar-refractivity contribution in [3.8, 4) is 5.75 Å². The van der Waals surface area contributed by atoms with E-state index in [9.17, 15) is 4.79 Å². The second kappa shape index (κ2) is 9.25. The number of hydrogen-bond donors (Lipinski definition) is 2. The fourth-order valence-electron chi connectivity index (χ4n) is 2.72. The summed E-state index contributed by atoms with van der Waals surface area (Å²) >= 11 is 0. The fourth-order valence-corrected chi connectivity index (χ4v) is 2.72. The Kier molecular flexibility index (Phi) is 7.00. The molecule has 1 aromatic carbocycles. The molecule has 128 valence electrons. The van der Waals surface area contributed by atoms with Crippen LogP contribution in [0.25, 0.3) is 0 Å². The van der Waals surface area contributed by atoms with Crippen LogP contribution in [0.5, 0.6) is 5.75 Å². The standard InChI is InChI=1S/C17H27N3O3/c1-3-23-10-8-18-17(21)19-12-14-7-9-20(13-14)15-5-4-6-16(11-15)22-2/h4-6,11,14H,3,7-10,12-13H2,1-2H3,(H2,18,19,21)/t14-/m0/s1. The number of carbonyl (C=O) groups excluding carboxylic acids is 1. The molecule has 0 bridgehead atoms. The SMILES string of the molecule is CCOCCNC(=O)NC[C@@H]1CCN(c2cccc(OC)c2)C1. The Hall–Kier alpha value is -1.95. The highest BCUT2D eigenvalue weighted by molar-refractivity contribution is 5.73. The van der Waals surface area contributed by atoms with Gasteiger partial charge in [-0.1, -0.05) is 6.07 Å². The lowest BCUT2D eigenvalue weighted by Gasteiger charge is -2.19. The molecule has 6 nitrogen and oxygen atoms in total. The van der Waals surface area contributed by atoms with Gasteiger partial charge in [-0.25, -0.2) is 4.79 Å². The number of nitrogens with zero attached hydrogens (tertiary/aromatic N) is 1. The van der Waals surface area contributed by atoms with Crippen LogP contribution in [0.15, 0.2) is 24.3 Å². The lowest BCUT2D eigenvalue weighted by molar-refractivity contribution is 0.149. The lowest BCUT2D eigenvalue weighted by Crippen LogP contribution is -2.40. The Balaban J connectivity index is 1.70. The third-order valence-corrected chi connectivity index (χ3v) is 3.99. The molecule has 1 saturated heterocycles. The number of benzene rings is 1. The van der Waals surface area contributed by atoms with E-state index >= 15 is 0 Å². The molecule has 0 aromatic heterocycles. The minimum Gasteiger partial charge on any atom is -0.497 e. The highest BCUT2D eigenvalue weighted by Crippen LogP contribution is 2.26. The zero-order valence-corrected chi connectivity index (χ0v) is 14.0. The average Bonchev–Trinajstić information content (AvgIpc) is 3.06. The van der Waals surface area contributed by atoms with Crippen molar-refractivity contribution in [1.29, 1.82) is 0 Å². The molecule has 2 rings (SSSR count). The molecule has 1 atom stereocenters. The number of urea groups is 1. The molecule has 0 radical (unpaired) electrons. The van der Waals surface area contributed by atoms with Crippen LogP contribution in [0.4, 0.5) is 10.5 Å². The molecule has 6 heteroatoms. The number of rotatable bonds is 8. The fraction of sp³-hybridized carbons (Fsp3) is 0.588. The van der Waals surface area contributed by atoms with Crippen LogP contribution >= 0.6 is 0 Å². The van der Waals surface area contributed by atoms with Crippen LogP contribution in [0.1, 0.15) is 13.3 Å².